The molecule has 1 aliphatic carbocycles. The molecule has 0 bridgehead atoms. The molecule has 0 aromatic rings. The van der Waals surface area contributed by atoms with E-state index in [1.807, 2.05) is 6.08 Å². The molecule has 0 nitrogen and oxygen atoms in total. The lowest BCUT2D eigenvalue weighted by molar-refractivity contribution is 0.513. The van der Waals surface area contributed by atoms with Crippen LogP contribution in [0.5, 0.6) is 0 Å². The van der Waals surface area contributed by atoms with Crippen LogP contribution in [0.25, 0.3) is 0 Å². The molecule has 1 rings (SSSR count). The molecule has 0 saturated carbocycles. The van der Waals surface area contributed by atoms with E-state index in [1.165, 1.54) is 32.1 Å². The lowest BCUT2D eigenvalue weighted by Crippen LogP contribution is -1.99. The van der Waals surface area contributed by atoms with Crippen molar-refractivity contribution in [2.45, 2.75) is 38.5 Å². The third kappa shape index (κ3) is 3.63. The molecule has 1 atom stereocenters. The minimum absolute atomic E-state index is 0.751. The van der Waals surface area contributed by atoms with Crippen molar-refractivity contribution in [1.82, 2.24) is 0 Å². The molecule has 0 amide bonds. The second-order valence-corrected chi connectivity index (χ2v) is 3.82. The molecule has 13 heavy (non-hydrogen) atoms. The molecular weight excluding hydrogens is 156 g/mol. The summed E-state index contributed by atoms with van der Waals surface area (Å²) in [6.07, 6.45) is 14.0. The van der Waals surface area contributed by atoms with Crippen molar-refractivity contribution < 1.29 is 0 Å². The second kappa shape index (κ2) is 5.80. The molecule has 72 valence electrons. The summed E-state index contributed by atoms with van der Waals surface area (Å²) < 4.78 is 0. The van der Waals surface area contributed by atoms with Crippen LogP contribution < -0.4 is 0 Å². The van der Waals surface area contributed by atoms with E-state index in [-0.39, 0.29) is 0 Å². The SMILES string of the molecule is C=CC/C1=C/CCC(C=C)CCC1. The Bertz CT molecular complexity index is 198. The van der Waals surface area contributed by atoms with Gasteiger partial charge < -0.3 is 0 Å². The van der Waals surface area contributed by atoms with Crippen LogP contribution in [0.3, 0.4) is 0 Å². The van der Waals surface area contributed by atoms with Crippen LogP contribution in [-0.4, -0.2) is 0 Å². The number of hydrogen-bond acceptors (Lipinski definition) is 0. The van der Waals surface area contributed by atoms with Gasteiger partial charge in [-0.3, -0.25) is 0 Å². The summed E-state index contributed by atoms with van der Waals surface area (Å²) in [5.74, 6) is 0.751. The maximum absolute atomic E-state index is 3.88. The lowest BCUT2D eigenvalue weighted by Gasteiger charge is -2.15. The summed E-state index contributed by atoms with van der Waals surface area (Å²) in [6.45, 7) is 7.66. The smallest absolute Gasteiger partial charge is 0.0142 e. The summed E-state index contributed by atoms with van der Waals surface area (Å²) in [6, 6.07) is 0. The van der Waals surface area contributed by atoms with Gasteiger partial charge in [-0.1, -0.05) is 23.8 Å². The van der Waals surface area contributed by atoms with Crippen LogP contribution >= 0.6 is 0 Å². The monoisotopic (exact) mass is 176 g/mol. The molecule has 0 fully saturated rings. The summed E-state index contributed by atoms with van der Waals surface area (Å²) >= 11 is 0. The topological polar surface area (TPSA) is 0 Å². The van der Waals surface area contributed by atoms with Gasteiger partial charge in [-0.05, 0) is 44.4 Å². The van der Waals surface area contributed by atoms with Crippen molar-refractivity contribution >= 4 is 0 Å². The Morgan fingerprint density at radius 3 is 2.92 bits per heavy atom. The van der Waals surface area contributed by atoms with E-state index in [4.69, 9.17) is 0 Å². The van der Waals surface area contributed by atoms with Crippen LogP contribution in [0, 0.1) is 5.92 Å². The van der Waals surface area contributed by atoms with Gasteiger partial charge in [0.15, 0.2) is 0 Å². The Labute approximate surface area is 82.0 Å². The van der Waals surface area contributed by atoms with Gasteiger partial charge in [0.25, 0.3) is 0 Å². The van der Waals surface area contributed by atoms with Crippen LogP contribution in [0.2, 0.25) is 0 Å². The Kier molecular flexibility index (Phi) is 4.59. The highest BCUT2D eigenvalue weighted by molar-refractivity contribution is 5.07. The molecule has 0 spiro atoms. The first-order valence-corrected chi connectivity index (χ1v) is 5.28. The minimum atomic E-state index is 0.751. The van der Waals surface area contributed by atoms with E-state index in [0.29, 0.717) is 0 Å². The molecule has 0 N–H and O–H groups in total. The van der Waals surface area contributed by atoms with Crippen molar-refractivity contribution in [3.63, 3.8) is 0 Å². The van der Waals surface area contributed by atoms with E-state index in [0.717, 1.165) is 12.3 Å². The maximum atomic E-state index is 3.88. The Morgan fingerprint density at radius 2 is 2.23 bits per heavy atom. The zero-order valence-corrected chi connectivity index (χ0v) is 8.47. The number of allylic oxidation sites excluding steroid dienone is 4. The standard InChI is InChI=1S/C13H20/c1-3-7-13-10-5-8-12(4-2)9-6-11-13/h3-4,10,12H,1-2,5-9,11H2/b13-10-. The highest BCUT2D eigenvalue weighted by Gasteiger charge is 2.07. The Hall–Kier alpha value is -0.780. The third-order valence-electron chi connectivity index (χ3n) is 2.78. The first kappa shape index (κ1) is 10.3. The van der Waals surface area contributed by atoms with Gasteiger partial charge in [-0.15, -0.1) is 13.2 Å². The zero-order valence-electron chi connectivity index (χ0n) is 8.47. The third-order valence-corrected chi connectivity index (χ3v) is 2.78. The van der Waals surface area contributed by atoms with E-state index in [1.54, 1.807) is 5.57 Å². The minimum Gasteiger partial charge on any atom is -0.103 e. The van der Waals surface area contributed by atoms with Crippen LogP contribution in [-0.2, 0) is 0 Å². The van der Waals surface area contributed by atoms with E-state index >= 15 is 0 Å². The summed E-state index contributed by atoms with van der Waals surface area (Å²) in [5.41, 5.74) is 1.58. The van der Waals surface area contributed by atoms with Gasteiger partial charge in [0.2, 0.25) is 0 Å². The molecule has 0 aliphatic heterocycles. The average Bonchev–Trinajstić information content (AvgIpc) is 2.09. The molecule has 0 heterocycles. The fourth-order valence-corrected chi connectivity index (χ4v) is 1.95. The maximum Gasteiger partial charge on any atom is -0.0142 e. The van der Waals surface area contributed by atoms with Crippen LogP contribution in [0.15, 0.2) is 37.0 Å². The van der Waals surface area contributed by atoms with Gasteiger partial charge in [0, 0.05) is 0 Å². The molecular formula is C13H20. The van der Waals surface area contributed by atoms with Gasteiger partial charge in [-0.25, -0.2) is 0 Å². The van der Waals surface area contributed by atoms with E-state index < -0.39 is 0 Å². The fourth-order valence-electron chi connectivity index (χ4n) is 1.95. The predicted octanol–water partition coefficient (Wildman–Crippen LogP) is 4.26. The summed E-state index contributed by atoms with van der Waals surface area (Å²) in [7, 11) is 0. The first-order valence-electron chi connectivity index (χ1n) is 5.28. The quantitative estimate of drug-likeness (QED) is 0.564. The molecule has 1 unspecified atom stereocenters. The Morgan fingerprint density at radius 1 is 1.38 bits per heavy atom. The molecule has 0 saturated heterocycles. The normalized spacial score (nSPS) is 28.0. The van der Waals surface area contributed by atoms with Crippen molar-refractivity contribution in [1.29, 1.82) is 0 Å². The lowest BCUT2D eigenvalue weighted by atomic mass is 9.90. The van der Waals surface area contributed by atoms with Gasteiger partial charge in [-0.2, -0.15) is 0 Å². The molecule has 0 radical (unpaired) electrons. The van der Waals surface area contributed by atoms with Crippen LogP contribution in [0.1, 0.15) is 38.5 Å². The summed E-state index contributed by atoms with van der Waals surface area (Å²) in [5, 5.41) is 0. The molecule has 1 aliphatic rings. The first-order chi connectivity index (χ1) is 6.36. The van der Waals surface area contributed by atoms with Gasteiger partial charge in [0.05, 0.1) is 0 Å². The highest BCUT2D eigenvalue weighted by atomic mass is 14.1. The average molecular weight is 176 g/mol. The Balaban J connectivity index is 2.45. The zero-order chi connectivity index (χ0) is 9.52. The number of hydrogen-bond donors (Lipinski definition) is 0. The molecule has 0 aromatic heterocycles. The molecule has 0 aromatic carbocycles. The van der Waals surface area contributed by atoms with E-state index in [2.05, 4.69) is 25.3 Å². The van der Waals surface area contributed by atoms with Gasteiger partial charge >= 0.3 is 0 Å². The van der Waals surface area contributed by atoms with Crippen molar-refractivity contribution in [2.75, 3.05) is 0 Å². The van der Waals surface area contributed by atoms with Crippen LogP contribution in [0.4, 0.5) is 0 Å². The van der Waals surface area contributed by atoms with Gasteiger partial charge in [0.1, 0.15) is 0 Å². The molecule has 0 heteroatoms. The fraction of sp³-hybridized carbons (Fsp3) is 0.538. The highest BCUT2D eigenvalue weighted by Crippen LogP contribution is 2.24. The predicted molar refractivity (Wildman–Crippen MR) is 59.7 cm³/mol. The summed E-state index contributed by atoms with van der Waals surface area (Å²) in [4.78, 5) is 0. The van der Waals surface area contributed by atoms with Crippen molar-refractivity contribution in [3.05, 3.63) is 37.0 Å². The largest absolute Gasteiger partial charge is 0.103 e. The second-order valence-electron chi connectivity index (χ2n) is 3.82. The van der Waals surface area contributed by atoms with E-state index in [9.17, 15) is 0 Å². The van der Waals surface area contributed by atoms with Crippen molar-refractivity contribution in [3.8, 4) is 0 Å². The number of rotatable bonds is 3. The van der Waals surface area contributed by atoms with Crippen molar-refractivity contribution in [2.24, 2.45) is 5.92 Å².